The van der Waals surface area contributed by atoms with E-state index in [0.29, 0.717) is 11.1 Å². The summed E-state index contributed by atoms with van der Waals surface area (Å²) in [6, 6.07) is 7.50. The lowest BCUT2D eigenvalue weighted by molar-refractivity contribution is 0.103. The minimum atomic E-state index is -3.89. The normalized spacial score (nSPS) is 11.5. The molecular formula is C22H28NO3P. The molecule has 0 spiro atoms. The molecule has 0 bridgehead atoms. The van der Waals surface area contributed by atoms with Crippen molar-refractivity contribution in [1.82, 2.24) is 0 Å². The zero-order valence-corrected chi connectivity index (χ0v) is 17.9. The molecule has 0 atom stereocenters. The maximum absolute atomic E-state index is 13.8. The maximum Gasteiger partial charge on any atom is 0.229 e. The number of aryl methyl sites for hydroxylation is 6. The standard InChI is InChI=1S/C22H28NO3P/c1-13-9-15(3)19(16(4)10-13)21(24)27(26,8-7-23)22(25)20-17(5)11-14(2)12-18(20)6/h9-12H,7-8,23H2,1-6H3. The van der Waals surface area contributed by atoms with Crippen LogP contribution in [0.2, 0.25) is 0 Å². The molecule has 5 heteroatoms. The minimum Gasteiger partial charge on any atom is -0.330 e. The number of hydrogen-bond acceptors (Lipinski definition) is 4. The molecule has 0 aliphatic carbocycles. The first kappa shape index (κ1) is 21.3. The molecule has 0 unspecified atom stereocenters. The van der Waals surface area contributed by atoms with Gasteiger partial charge in [0.15, 0.2) is 0 Å². The fraction of sp³-hybridized carbons (Fsp3) is 0.364. The molecule has 144 valence electrons. The minimum absolute atomic E-state index is 0.0165. The number of rotatable bonds is 6. The molecule has 4 nitrogen and oxygen atoms in total. The average molecular weight is 385 g/mol. The Hall–Kier alpha value is -2.03. The van der Waals surface area contributed by atoms with Crippen LogP contribution in [-0.2, 0) is 4.57 Å². The molecule has 0 saturated carbocycles. The van der Waals surface area contributed by atoms with Gasteiger partial charge in [0.05, 0.1) is 0 Å². The Morgan fingerprint density at radius 3 is 1.30 bits per heavy atom. The largest absolute Gasteiger partial charge is 0.330 e. The van der Waals surface area contributed by atoms with Crippen molar-refractivity contribution in [3.8, 4) is 0 Å². The fourth-order valence-corrected chi connectivity index (χ4v) is 6.26. The predicted molar refractivity (Wildman–Crippen MR) is 111 cm³/mol. The molecule has 0 amide bonds. The molecular weight excluding hydrogens is 357 g/mol. The number of nitrogens with two attached hydrogens (primary N) is 1. The van der Waals surface area contributed by atoms with Crippen molar-refractivity contribution in [3.05, 3.63) is 68.8 Å². The summed E-state index contributed by atoms with van der Waals surface area (Å²) in [5.41, 5.74) is 10.3. The Balaban J connectivity index is 2.67. The highest BCUT2D eigenvalue weighted by atomic mass is 31.2. The van der Waals surface area contributed by atoms with Crippen molar-refractivity contribution in [1.29, 1.82) is 0 Å². The third-order valence-corrected chi connectivity index (χ3v) is 7.53. The molecule has 0 saturated heterocycles. The molecule has 0 aliphatic heterocycles. The van der Waals surface area contributed by atoms with E-state index >= 15 is 0 Å². The molecule has 0 aromatic heterocycles. The van der Waals surface area contributed by atoms with E-state index in [1.165, 1.54) is 0 Å². The average Bonchev–Trinajstić information content (AvgIpc) is 2.52. The number of benzene rings is 2. The van der Waals surface area contributed by atoms with Crippen LogP contribution in [-0.4, -0.2) is 23.8 Å². The summed E-state index contributed by atoms with van der Waals surface area (Å²) in [5.74, 6) is 0. The second-order valence-corrected chi connectivity index (χ2v) is 10.1. The highest BCUT2D eigenvalue weighted by Gasteiger charge is 2.42. The van der Waals surface area contributed by atoms with Crippen LogP contribution in [0.25, 0.3) is 0 Å². The Morgan fingerprint density at radius 1 is 0.741 bits per heavy atom. The monoisotopic (exact) mass is 385 g/mol. The lowest BCUT2D eigenvalue weighted by Crippen LogP contribution is -2.20. The Bertz CT molecular complexity index is 856. The molecule has 2 N–H and O–H groups in total. The van der Waals surface area contributed by atoms with Crippen molar-refractivity contribution in [3.63, 3.8) is 0 Å². The molecule has 2 aromatic rings. The van der Waals surface area contributed by atoms with Gasteiger partial charge < -0.3 is 10.3 Å². The summed E-state index contributed by atoms with van der Waals surface area (Å²) < 4.78 is 13.8. The topological polar surface area (TPSA) is 77.2 Å². The summed E-state index contributed by atoms with van der Waals surface area (Å²) in [6.45, 7) is 11.2. The summed E-state index contributed by atoms with van der Waals surface area (Å²) in [5, 5.41) is 0. The Morgan fingerprint density at radius 2 is 1.04 bits per heavy atom. The summed E-state index contributed by atoms with van der Waals surface area (Å²) in [7, 11) is -3.89. The van der Waals surface area contributed by atoms with Gasteiger partial charge in [-0.3, -0.25) is 9.59 Å². The van der Waals surface area contributed by atoms with E-state index in [2.05, 4.69) is 0 Å². The zero-order valence-electron chi connectivity index (χ0n) is 17.0. The summed E-state index contributed by atoms with van der Waals surface area (Å²) in [4.78, 5) is 26.7. The van der Waals surface area contributed by atoms with Crippen LogP contribution >= 0.6 is 7.14 Å². The van der Waals surface area contributed by atoms with Crippen molar-refractivity contribution in [2.45, 2.75) is 41.5 Å². The molecule has 27 heavy (non-hydrogen) atoms. The van der Waals surface area contributed by atoms with Crippen LogP contribution in [0, 0.1) is 41.5 Å². The van der Waals surface area contributed by atoms with Crippen LogP contribution in [0.4, 0.5) is 0 Å². The van der Waals surface area contributed by atoms with Crippen LogP contribution in [0.5, 0.6) is 0 Å². The lowest BCUT2D eigenvalue weighted by Gasteiger charge is -2.20. The fourth-order valence-electron chi connectivity index (χ4n) is 3.87. The highest BCUT2D eigenvalue weighted by Crippen LogP contribution is 2.53. The van der Waals surface area contributed by atoms with Crippen LogP contribution in [0.3, 0.4) is 0 Å². The van der Waals surface area contributed by atoms with Gasteiger partial charge in [0.25, 0.3) is 0 Å². The van der Waals surface area contributed by atoms with E-state index in [-0.39, 0.29) is 12.7 Å². The van der Waals surface area contributed by atoms with E-state index in [4.69, 9.17) is 5.73 Å². The van der Waals surface area contributed by atoms with E-state index in [1.54, 1.807) is 0 Å². The van der Waals surface area contributed by atoms with E-state index < -0.39 is 18.2 Å². The van der Waals surface area contributed by atoms with Gasteiger partial charge in [-0.05, 0) is 70.3 Å². The van der Waals surface area contributed by atoms with Gasteiger partial charge in [-0.25, -0.2) is 0 Å². The highest BCUT2D eigenvalue weighted by molar-refractivity contribution is 7.95. The van der Waals surface area contributed by atoms with Gasteiger partial charge in [-0.15, -0.1) is 0 Å². The molecule has 2 aromatic carbocycles. The SMILES string of the molecule is Cc1cc(C)c(C(=O)P(=O)(CCN)C(=O)c2c(C)cc(C)cc2C)c(C)c1. The predicted octanol–water partition coefficient (Wildman–Crippen LogP) is 4.84. The first-order valence-corrected chi connectivity index (χ1v) is 11.0. The molecule has 0 heterocycles. The van der Waals surface area contributed by atoms with E-state index in [0.717, 1.165) is 33.4 Å². The number of hydrogen-bond donors (Lipinski definition) is 1. The van der Waals surface area contributed by atoms with Gasteiger partial charge in [-0.2, -0.15) is 0 Å². The van der Waals surface area contributed by atoms with Crippen molar-refractivity contribution < 1.29 is 14.2 Å². The molecule has 0 radical (unpaired) electrons. The lowest BCUT2D eigenvalue weighted by atomic mass is 10.0. The molecule has 0 fully saturated rings. The first-order chi connectivity index (χ1) is 12.5. The summed E-state index contributed by atoms with van der Waals surface area (Å²) >= 11 is 0. The number of carbonyl (C=O) groups is 2. The summed E-state index contributed by atoms with van der Waals surface area (Å²) in [6.07, 6.45) is -0.121. The van der Waals surface area contributed by atoms with Crippen molar-refractivity contribution >= 4 is 18.2 Å². The van der Waals surface area contributed by atoms with E-state index in [1.807, 2.05) is 65.8 Å². The van der Waals surface area contributed by atoms with Crippen molar-refractivity contribution in [2.75, 3.05) is 12.7 Å². The Labute approximate surface area is 161 Å². The zero-order chi connectivity index (χ0) is 20.5. The third-order valence-electron chi connectivity index (χ3n) is 4.88. The second-order valence-electron chi connectivity index (χ2n) is 7.41. The van der Waals surface area contributed by atoms with Gasteiger partial charge >= 0.3 is 0 Å². The molecule has 2 rings (SSSR count). The maximum atomic E-state index is 13.8. The van der Waals surface area contributed by atoms with Crippen molar-refractivity contribution in [2.24, 2.45) is 5.73 Å². The first-order valence-electron chi connectivity index (χ1n) is 9.07. The van der Waals surface area contributed by atoms with E-state index in [9.17, 15) is 14.2 Å². The third kappa shape index (κ3) is 3.97. The molecule has 0 aliphatic rings. The van der Waals surface area contributed by atoms with Gasteiger partial charge in [0, 0.05) is 17.3 Å². The van der Waals surface area contributed by atoms with Gasteiger partial charge in [0.1, 0.15) is 0 Å². The van der Waals surface area contributed by atoms with Gasteiger partial charge in [0.2, 0.25) is 18.2 Å². The van der Waals surface area contributed by atoms with Gasteiger partial charge in [-0.1, -0.05) is 35.4 Å². The smallest absolute Gasteiger partial charge is 0.229 e. The second kappa shape index (κ2) is 7.92. The van der Waals surface area contributed by atoms with Crippen LogP contribution < -0.4 is 5.73 Å². The quantitative estimate of drug-likeness (QED) is 0.722. The van der Waals surface area contributed by atoms with Crippen LogP contribution in [0.15, 0.2) is 24.3 Å². The number of carbonyl (C=O) groups excluding carboxylic acids is 2. The Kier molecular flexibility index (Phi) is 6.24. The van der Waals surface area contributed by atoms with Crippen LogP contribution in [0.1, 0.15) is 54.1 Å².